The van der Waals surface area contributed by atoms with Crippen LogP contribution in [0.2, 0.25) is 0 Å². The fourth-order valence-corrected chi connectivity index (χ4v) is 3.04. The Hall–Kier alpha value is -2.11. The highest BCUT2D eigenvalue weighted by atomic mass is 16.5. The van der Waals surface area contributed by atoms with Crippen molar-refractivity contribution in [2.24, 2.45) is 5.92 Å². The Morgan fingerprint density at radius 1 is 1.26 bits per heavy atom. The van der Waals surface area contributed by atoms with Crippen LogP contribution >= 0.6 is 0 Å². The first kappa shape index (κ1) is 17.2. The van der Waals surface area contributed by atoms with Crippen LogP contribution in [-0.2, 0) is 16.0 Å². The van der Waals surface area contributed by atoms with Crippen LogP contribution in [0.1, 0.15) is 58.8 Å². The van der Waals surface area contributed by atoms with Crippen LogP contribution in [0, 0.1) is 12.8 Å². The number of ether oxygens (including phenoxy) is 1. The highest BCUT2D eigenvalue weighted by molar-refractivity contribution is 6.01. The summed E-state index contributed by atoms with van der Waals surface area (Å²) in [7, 11) is 1.29. The summed E-state index contributed by atoms with van der Waals surface area (Å²) in [5.74, 6) is -0.0837. The number of likely N-dealkylation sites (tertiary alicyclic amines) is 1. The number of aromatic nitrogens is 1. The lowest BCUT2D eigenvalue weighted by molar-refractivity contribution is -0.131. The Bertz CT molecular complexity index is 625. The molecular formula is C17H24N2O4. The van der Waals surface area contributed by atoms with E-state index in [2.05, 4.69) is 11.9 Å². The van der Waals surface area contributed by atoms with E-state index >= 15 is 0 Å². The number of esters is 1. The molecule has 2 rings (SSSR count). The summed E-state index contributed by atoms with van der Waals surface area (Å²) in [5.41, 5.74) is 1.67. The molecule has 1 fully saturated rings. The molecule has 1 aliphatic heterocycles. The number of methoxy groups -OCH3 is 1. The van der Waals surface area contributed by atoms with E-state index in [1.165, 1.54) is 14.0 Å². The first-order valence-electron chi connectivity index (χ1n) is 7.93. The topological polar surface area (TPSA) is 79.5 Å². The molecule has 6 nitrogen and oxygen atoms in total. The zero-order chi connectivity index (χ0) is 17.1. The van der Waals surface area contributed by atoms with Crippen molar-refractivity contribution >= 4 is 17.7 Å². The molecule has 1 saturated heterocycles. The van der Waals surface area contributed by atoms with Crippen LogP contribution in [0.25, 0.3) is 0 Å². The van der Waals surface area contributed by atoms with Gasteiger partial charge in [0.2, 0.25) is 5.91 Å². The Labute approximate surface area is 136 Å². The molecule has 126 valence electrons. The minimum Gasteiger partial charge on any atom is -0.465 e. The second-order valence-electron chi connectivity index (χ2n) is 6.27. The number of nitrogens with one attached hydrogen (secondary N) is 1. The summed E-state index contributed by atoms with van der Waals surface area (Å²) >= 11 is 0. The Morgan fingerprint density at radius 2 is 1.87 bits per heavy atom. The highest BCUT2D eigenvalue weighted by Crippen LogP contribution is 2.22. The van der Waals surface area contributed by atoms with Crippen molar-refractivity contribution in [3.63, 3.8) is 0 Å². The van der Waals surface area contributed by atoms with Crippen molar-refractivity contribution in [1.82, 2.24) is 9.88 Å². The maximum Gasteiger partial charge on any atom is 0.339 e. The lowest BCUT2D eigenvalue weighted by atomic mass is 9.98. The third-order valence-electron chi connectivity index (χ3n) is 4.53. The largest absolute Gasteiger partial charge is 0.465 e. The molecule has 0 saturated carbocycles. The molecule has 1 aromatic heterocycles. The zero-order valence-electron chi connectivity index (χ0n) is 14.2. The molecule has 0 aliphatic carbocycles. The first-order chi connectivity index (χ1) is 10.8. The molecule has 0 unspecified atom stereocenters. The molecule has 0 atom stereocenters. The number of carbonyl (C=O) groups excluding carboxylic acids is 3. The van der Waals surface area contributed by atoms with Gasteiger partial charge >= 0.3 is 5.97 Å². The number of ketones is 1. The fraction of sp³-hybridized carbons (Fsp3) is 0.588. The van der Waals surface area contributed by atoms with E-state index in [-0.39, 0.29) is 18.1 Å². The molecule has 0 spiro atoms. The number of rotatable bonds is 4. The van der Waals surface area contributed by atoms with Crippen LogP contribution < -0.4 is 0 Å². The average molecular weight is 320 g/mol. The van der Waals surface area contributed by atoms with E-state index < -0.39 is 5.97 Å². The van der Waals surface area contributed by atoms with Gasteiger partial charge in [0.1, 0.15) is 0 Å². The van der Waals surface area contributed by atoms with E-state index in [1.807, 2.05) is 4.90 Å². The van der Waals surface area contributed by atoms with Crippen molar-refractivity contribution in [2.75, 3.05) is 20.2 Å². The number of carbonyl (C=O) groups is 3. The van der Waals surface area contributed by atoms with Crippen LogP contribution in [0.3, 0.4) is 0 Å². The molecule has 1 amide bonds. The van der Waals surface area contributed by atoms with E-state index in [4.69, 9.17) is 4.74 Å². The quantitative estimate of drug-likeness (QED) is 0.681. The summed E-state index contributed by atoms with van der Waals surface area (Å²) in [6.45, 7) is 6.79. The number of H-pyrrole nitrogens is 1. The van der Waals surface area contributed by atoms with Gasteiger partial charge in [-0.1, -0.05) is 6.92 Å². The lowest BCUT2D eigenvalue weighted by Gasteiger charge is -2.30. The molecule has 0 bridgehead atoms. The number of hydrogen-bond acceptors (Lipinski definition) is 4. The van der Waals surface area contributed by atoms with Crippen molar-refractivity contribution in [3.8, 4) is 0 Å². The molecule has 1 aromatic rings. The molecule has 1 N–H and O–H groups in total. The first-order valence-corrected chi connectivity index (χ1v) is 7.93. The maximum atomic E-state index is 12.5. The van der Waals surface area contributed by atoms with Crippen molar-refractivity contribution in [3.05, 3.63) is 22.5 Å². The summed E-state index contributed by atoms with van der Waals surface area (Å²) in [4.78, 5) is 41.0. The third-order valence-corrected chi connectivity index (χ3v) is 4.53. The molecule has 0 aromatic carbocycles. The SMILES string of the molecule is COC(=O)c1c(CC(=O)N2CCC(C)CC2)[nH]c(C(C)=O)c1C. The summed E-state index contributed by atoms with van der Waals surface area (Å²) in [6.07, 6.45) is 2.07. The Kier molecular flexibility index (Phi) is 5.23. The predicted molar refractivity (Wildman–Crippen MR) is 85.6 cm³/mol. The van der Waals surface area contributed by atoms with Crippen molar-refractivity contribution < 1.29 is 19.1 Å². The second-order valence-corrected chi connectivity index (χ2v) is 6.27. The van der Waals surface area contributed by atoms with Crippen molar-refractivity contribution in [2.45, 2.75) is 40.0 Å². The summed E-state index contributed by atoms with van der Waals surface area (Å²) in [5, 5.41) is 0. The van der Waals surface area contributed by atoms with Crippen LogP contribution in [0.5, 0.6) is 0 Å². The minimum atomic E-state index is -0.527. The van der Waals surface area contributed by atoms with Gasteiger partial charge in [-0.15, -0.1) is 0 Å². The standard InChI is InChI=1S/C17H24N2O4/c1-10-5-7-19(8-6-10)14(21)9-13-15(17(22)23-4)11(2)16(18-13)12(3)20/h10,18H,5-9H2,1-4H3. The van der Waals surface area contributed by atoms with E-state index in [1.54, 1.807) is 6.92 Å². The van der Waals surface area contributed by atoms with Gasteiger partial charge in [0.05, 0.1) is 24.8 Å². The number of hydrogen-bond donors (Lipinski definition) is 1. The number of piperidine rings is 1. The van der Waals surface area contributed by atoms with Crippen LogP contribution in [0.15, 0.2) is 0 Å². The van der Waals surface area contributed by atoms with Gasteiger partial charge in [0.25, 0.3) is 0 Å². The average Bonchev–Trinajstić information content (AvgIpc) is 2.83. The summed E-state index contributed by atoms with van der Waals surface area (Å²) in [6, 6.07) is 0. The Balaban J connectivity index is 2.24. The van der Waals surface area contributed by atoms with Gasteiger partial charge < -0.3 is 14.6 Å². The van der Waals surface area contributed by atoms with Crippen molar-refractivity contribution in [1.29, 1.82) is 0 Å². The number of amides is 1. The molecular weight excluding hydrogens is 296 g/mol. The van der Waals surface area contributed by atoms with Gasteiger partial charge in [-0.3, -0.25) is 9.59 Å². The van der Waals surface area contributed by atoms with Gasteiger partial charge in [0.15, 0.2) is 5.78 Å². The highest BCUT2D eigenvalue weighted by Gasteiger charge is 2.27. The Morgan fingerprint density at radius 3 is 2.39 bits per heavy atom. The smallest absolute Gasteiger partial charge is 0.339 e. The molecule has 23 heavy (non-hydrogen) atoms. The molecule has 0 radical (unpaired) electrons. The van der Waals surface area contributed by atoms with E-state index in [0.29, 0.717) is 28.4 Å². The molecule has 2 heterocycles. The molecule has 6 heteroatoms. The van der Waals surface area contributed by atoms with E-state index in [9.17, 15) is 14.4 Å². The zero-order valence-corrected chi connectivity index (χ0v) is 14.2. The lowest BCUT2D eigenvalue weighted by Crippen LogP contribution is -2.39. The van der Waals surface area contributed by atoms with E-state index in [0.717, 1.165) is 25.9 Å². The van der Waals surface area contributed by atoms with Gasteiger partial charge in [-0.25, -0.2) is 4.79 Å². The third kappa shape index (κ3) is 3.63. The normalized spacial score (nSPS) is 15.6. The molecule has 1 aliphatic rings. The monoisotopic (exact) mass is 320 g/mol. The predicted octanol–water partition coefficient (Wildman–Crippen LogP) is 2.11. The second kappa shape index (κ2) is 6.98. The van der Waals surface area contributed by atoms with Gasteiger partial charge in [-0.05, 0) is 31.2 Å². The summed E-state index contributed by atoms with van der Waals surface area (Å²) < 4.78 is 4.80. The van der Waals surface area contributed by atoms with Gasteiger partial charge in [-0.2, -0.15) is 0 Å². The maximum absolute atomic E-state index is 12.5. The van der Waals surface area contributed by atoms with Crippen LogP contribution in [-0.4, -0.2) is 47.7 Å². The fourth-order valence-electron chi connectivity index (χ4n) is 3.04. The number of Topliss-reactive ketones (excluding diaryl/α,β-unsaturated/α-hetero) is 1. The number of nitrogens with zero attached hydrogens (tertiary/aromatic N) is 1. The van der Waals surface area contributed by atoms with Gasteiger partial charge in [0, 0.05) is 25.7 Å². The number of aromatic amines is 1. The minimum absolute atomic E-state index is 0.0293. The van der Waals surface area contributed by atoms with Crippen LogP contribution in [0.4, 0.5) is 0 Å².